The van der Waals surface area contributed by atoms with Gasteiger partial charge in [-0.1, -0.05) is 0 Å². The Balaban J connectivity index is 3.27. The molecule has 0 unspecified atom stereocenters. The summed E-state index contributed by atoms with van der Waals surface area (Å²) in [4.78, 5) is 3.87. The first-order valence-electron chi connectivity index (χ1n) is 3.42. The molecule has 4 N–H and O–H groups in total. The second-order valence-electron chi connectivity index (χ2n) is 2.39. The van der Waals surface area contributed by atoms with Crippen LogP contribution in [0.4, 0.5) is 11.4 Å². The SMILES string of the molecule is CN=Cc1cc(N)cc(Br)c1N. The molecule has 0 bridgehead atoms. The number of nitrogens with two attached hydrogens (primary N) is 2. The molecular weight excluding hydrogens is 218 g/mol. The maximum atomic E-state index is 5.74. The largest absolute Gasteiger partial charge is 0.399 e. The maximum absolute atomic E-state index is 5.74. The minimum atomic E-state index is 0.662. The van der Waals surface area contributed by atoms with E-state index >= 15 is 0 Å². The topological polar surface area (TPSA) is 64.4 Å². The van der Waals surface area contributed by atoms with E-state index in [0.717, 1.165) is 10.0 Å². The molecule has 0 fully saturated rings. The van der Waals surface area contributed by atoms with Crippen molar-refractivity contribution in [1.82, 2.24) is 0 Å². The van der Waals surface area contributed by atoms with E-state index in [0.29, 0.717) is 11.4 Å². The van der Waals surface area contributed by atoms with Crippen LogP contribution in [0.1, 0.15) is 5.56 Å². The van der Waals surface area contributed by atoms with Gasteiger partial charge in [0.15, 0.2) is 0 Å². The van der Waals surface area contributed by atoms with Crippen molar-refractivity contribution < 1.29 is 0 Å². The van der Waals surface area contributed by atoms with Crippen molar-refractivity contribution in [2.75, 3.05) is 18.5 Å². The Bertz CT molecular complexity index is 320. The van der Waals surface area contributed by atoms with Crippen molar-refractivity contribution in [2.24, 2.45) is 4.99 Å². The highest BCUT2D eigenvalue weighted by atomic mass is 79.9. The summed E-state index contributed by atoms with van der Waals surface area (Å²) in [5.74, 6) is 0. The van der Waals surface area contributed by atoms with E-state index in [1.54, 1.807) is 25.4 Å². The van der Waals surface area contributed by atoms with E-state index in [4.69, 9.17) is 11.5 Å². The Morgan fingerprint density at radius 1 is 1.42 bits per heavy atom. The number of rotatable bonds is 1. The average molecular weight is 228 g/mol. The Morgan fingerprint density at radius 2 is 2.08 bits per heavy atom. The van der Waals surface area contributed by atoms with Crippen LogP contribution in [0, 0.1) is 0 Å². The van der Waals surface area contributed by atoms with Crippen LogP contribution < -0.4 is 11.5 Å². The van der Waals surface area contributed by atoms with E-state index < -0.39 is 0 Å². The monoisotopic (exact) mass is 227 g/mol. The molecule has 0 spiro atoms. The third kappa shape index (κ3) is 1.76. The van der Waals surface area contributed by atoms with Gasteiger partial charge in [0.2, 0.25) is 0 Å². The number of aliphatic imine (C=N–C) groups is 1. The highest BCUT2D eigenvalue weighted by molar-refractivity contribution is 9.10. The molecule has 0 saturated carbocycles. The number of nitrogens with zero attached hydrogens (tertiary/aromatic N) is 1. The zero-order valence-corrected chi connectivity index (χ0v) is 8.30. The summed E-state index contributed by atoms with van der Waals surface area (Å²) >= 11 is 3.30. The van der Waals surface area contributed by atoms with Gasteiger partial charge >= 0.3 is 0 Å². The van der Waals surface area contributed by atoms with Crippen LogP contribution >= 0.6 is 15.9 Å². The maximum Gasteiger partial charge on any atom is 0.0549 e. The fourth-order valence-corrected chi connectivity index (χ4v) is 1.40. The lowest BCUT2D eigenvalue weighted by molar-refractivity contribution is 1.46. The zero-order valence-electron chi connectivity index (χ0n) is 6.71. The minimum absolute atomic E-state index is 0.662. The summed E-state index contributed by atoms with van der Waals surface area (Å²) in [6.07, 6.45) is 1.68. The summed E-state index contributed by atoms with van der Waals surface area (Å²) in [5.41, 5.74) is 13.5. The first-order valence-corrected chi connectivity index (χ1v) is 4.21. The van der Waals surface area contributed by atoms with Gasteiger partial charge in [0, 0.05) is 29.0 Å². The molecular formula is C8H10BrN3. The highest BCUT2D eigenvalue weighted by Crippen LogP contribution is 2.25. The quantitative estimate of drug-likeness (QED) is 0.567. The fourth-order valence-electron chi connectivity index (χ4n) is 0.907. The third-order valence-electron chi connectivity index (χ3n) is 1.45. The van der Waals surface area contributed by atoms with Crippen LogP contribution in [-0.2, 0) is 0 Å². The average Bonchev–Trinajstić information content (AvgIpc) is 2.00. The second kappa shape index (κ2) is 3.58. The molecule has 1 rings (SSSR count). The lowest BCUT2D eigenvalue weighted by atomic mass is 10.2. The summed E-state index contributed by atoms with van der Waals surface area (Å²) in [6, 6.07) is 3.55. The van der Waals surface area contributed by atoms with E-state index in [1.165, 1.54) is 0 Å². The first kappa shape index (κ1) is 9.06. The van der Waals surface area contributed by atoms with Gasteiger partial charge in [-0.2, -0.15) is 0 Å². The lowest BCUT2D eigenvalue weighted by Crippen LogP contribution is -1.97. The van der Waals surface area contributed by atoms with Crippen LogP contribution in [0.15, 0.2) is 21.6 Å². The molecule has 64 valence electrons. The van der Waals surface area contributed by atoms with Gasteiger partial charge in [0.1, 0.15) is 0 Å². The molecule has 1 aromatic carbocycles. The molecule has 3 nitrogen and oxygen atoms in total. The van der Waals surface area contributed by atoms with Gasteiger partial charge < -0.3 is 11.5 Å². The molecule has 0 atom stereocenters. The van der Waals surface area contributed by atoms with Crippen LogP contribution in [0.2, 0.25) is 0 Å². The van der Waals surface area contributed by atoms with Crippen molar-refractivity contribution in [1.29, 1.82) is 0 Å². The van der Waals surface area contributed by atoms with E-state index in [1.807, 2.05) is 0 Å². The number of halogens is 1. The molecule has 0 aliphatic rings. The van der Waals surface area contributed by atoms with E-state index in [9.17, 15) is 0 Å². The number of benzene rings is 1. The Kier molecular flexibility index (Phi) is 2.70. The summed E-state index contributed by atoms with van der Waals surface area (Å²) in [5, 5.41) is 0. The third-order valence-corrected chi connectivity index (χ3v) is 2.11. The lowest BCUT2D eigenvalue weighted by Gasteiger charge is -2.03. The fraction of sp³-hybridized carbons (Fsp3) is 0.125. The van der Waals surface area contributed by atoms with Gasteiger partial charge in [-0.05, 0) is 28.1 Å². The number of hydrogen-bond donors (Lipinski definition) is 2. The van der Waals surface area contributed by atoms with Crippen LogP contribution in [0.5, 0.6) is 0 Å². The summed E-state index contributed by atoms with van der Waals surface area (Å²) < 4.78 is 0.803. The number of nitrogen functional groups attached to an aromatic ring is 2. The predicted octanol–water partition coefficient (Wildman–Crippen LogP) is 1.66. The van der Waals surface area contributed by atoms with E-state index in [-0.39, 0.29) is 0 Å². The Hall–Kier alpha value is -1.03. The van der Waals surface area contributed by atoms with E-state index in [2.05, 4.69) is 20.9 Å². The Labute approximate surface area is 79.6 Å². The van der Waals surface area contributed by atoms with Gasteiger partial charge in [0.25, 0.3) is 0 Å². The highest BCUT2D eigenvalue weighted by Gasteiger charge is 2.01. The first-order chi connectivity index (χ1) is 5.65. The van der Waals surface area contributed by atoms with Crippen molar-refractivity contribution in [2.45, 2.75) is 0 Å². The molecule has 0 saturated heterocycles. The Morgan fingerprint density at radius 3 is 2.67 bits per heavy atom. The minimum Gasteiger partial charge on any atom is -0.399 e. The molecule has 0 radical (unpaired) electrons. The second-order valence-corrected chi connectivity index (χ2v) is 3.25. The van der Waals surface area contributed by atoms with Crippen LogP contribution in [0.3, 0.4) is 0 Å². The van der Waals surface area contributed by atoms with Gasteiger partial charge in [-0.25, -0.2) is 0 Å². The van der Waals surface area contributed by atoms with Crippen LogP contribution in [-0.4, -0.2) is 13.3 Å². The number of hydrogen-bond acceptors (Lipinski definition) is 3. The predicted molar refractivity (Wildman–Crippen MR) is 56.5 cm³/mol. The van der Waals surface area contributed by atoms with Gasteiger partial charge in [-0.15, -0.1) is 0 Å². The summed E-state index contributed by atoms with van der Waals surface area (Å²) in [7, 11) is 1.69. The number of anilines is 2. The van der Waals surface area contributed by atoms with Crippen molar-refractivity contribution in [3.05, 3.63) is 22.2 Å². The van der Waals surface area contributed by atoms with Crippen molar-refractivity contribution in [3.63, 3.8) is 0 Å². The molecule has 0 heterocycles. The summed E-state index contributed by atoms with van der Waals surface area (Å²) in [6.45, 7) is 0. The molecule has 4 heteroatoms. The standard InChI is InChI=1S/C8H10BrN3/c1-12-4-5-2-6(10)3-7(9)8(5)11/h2-4H,10-11H2,1H3. The smallest absolute Gasteiger partial charge is 0.0549 e. The molecule has 1 aromatic rings. The molecule has 0 aliphatic carbocycles. The van der Waals surface area contributed by atoms with Gasteiger partial charge in [0.05, 0.1) is 5.69 Å². The molecule has 0 aromatic heterocycles. The van der Waals surface area contributed by atoms with Gasteiger partial charge in [-0.3, -0.25) is 4.99 Å². The van der Waals surface area contributed by atoms with Crippen LogP contribution in [0.25, 0.3) is 0 Å². The normalized spacial score (nSPS) is 10.8. The molecule has 0 aliphatic heterocycles. The zero-order chi connectivity index (χ0) is 9.14. The van der Waals surface area contributed by atoms with Crippen molar-refractivity contribution in [3.8, 4) is 0 Å². The molecule has 0 amide bonds. The molecule has 12 heavy (non-hydrogen) atoms. The van der Waals surface area contributed by atoms with Crippen molar-refractivity contribution >= 4 is 33.5 Å².